The van der Waals surface area contributed by atoms with Crippen LogP contribution >= 0.6 is 0 Å². The average Bonchev–Trinajstić information content (AvgIpc) is 2.47. The molecule has 1 aromatic heterocycles. The highest BCUT2D eigenvalue weighted by Crippen LogP contribution is 2.15. The van der Waals surface area contributed by atoms with Crippen molar-refractivity contribution in [3.8, 4) is 0 Å². The molecule has 0 spiro atoms. The average molecular weight is 274 g/mol. The molecule has 0 aliphatic rings. The molecule has 0 bridgehead atoms. The van der Waals surface area contributed by atoms with Gasteiger partial charge in [0.05, 0.1) is 12.1 Å². The van der Waals surface area contributed by atoms with E-state index in [1.54, 1.807) is 19.2 Å². The lowest BCUT2D eigenvalue weighted by Crippen LogP contribution is -2.21. The van der Waals surface area contributed by atoms with Crippen LogP contribution in [-0.2, 0) is 17.8 Å². The molecule has 20 heavy (non-hydrogen) atoms. The Morgan fingerprint density at radius 3 is 2.70 bits per heavy atom. The van der Waals surface area contributed by atoms with E-state index in [0.717, 1.165) is 11.1 Å². The zero-order chi connectivity index (χ0) is 14.7. The van der Waals surface area contributed by atoms with Crippen molar-refractivity contribution in [1.82, 2.24) is 4.57 Å². The minimum atomic E-state index is -0.584. The van der Waals surface area contributed by atoms with Gasteiger partial charge < -0.3 is 15.0 Å². The van der Waals surface area contributed by atoms with Crippen molar-refractivity contribution in [3.05, 3.63) is 45.7 Å². The Hall–Kier alpha value is -2.14. The van der Waals surface area contributed by atoms with Gasteiger partial charge in [-0.3, -0.25) is 4.79 Å². The summed E-state index contributed by atoms with van der Waals surface area (Å²) >= 11 is 0. The van der Waals surface area contributed by atoms with Gasteiger partial charge in [-0.15, -0.1) is 0 Å². The van der Waals surface area contributed by atoms with Crippen LogP contribution < -0.4 is 11.2 Å². The molecule has 106 valence electrons. The van der Waals surface area contributed by atoms with Crippen LogP contribution in [0.5, 0.6) is 0 Å². The molecular formula is C15H18N2O3. The zero-order valence-electron chi connectivity index (χ0n) is 11.7. The maximum absolute atomic E-state index is 12.4. The van der Waals surface area contributed by atoms with E-state index >= 15 is 0 Å². The van der Waals surface area contributed by atoms with Crippen molar-refractivity contribution in [2.45, 2.75) is 26.9 Å². The molecule has 0 radical (unpaired) electrons. The summed E-state index contributed by atoms with van der Waals surface area (Å²) < 4.78 is 6.80. The second-order valence-electron chi connectivity index (χ2n) is 4.43. The van der Waals surface area contributed by atoms with Crippen molar-refractivity contribution in [2.75, 3.05) is 6.61 Å². The summed E-state index contributed by atoms with van der Waals surface area (Å²) in [4.78, 5) is 24.3. The van der Waals surface area contributed by atoms with Gasteiger partial charge in [0.1, 0.15) is 5.56 Å². The smallest absolute Gasteiger partial charge is 0.343 e. The van der Waals surface area contributed by atoms with Crippen molar-refractivity contribution in [3.63, 3.8) is 0 Å². The third kappa shape index (κ3) is 2.44. The number of rotatable bonds is 4. The minimum absolute atomic E-state index is 0.0652. The second kappa shape index (κ2) is 5.88. The van der Waals surface area contributed by atoms with Crippen LogP contribution in [0.15, 0.2) is 29.2 Å². The van der Waals surface area contributed by atoms with E-state index in [9.17, 15) is 9.59 Å². The third-order valence-corrected chi connectivity index (χ3v) is 3.22. The van der Waals surface area contributed by atoms with Crippen molar-refractivity contribution >= 4 is 16.9 Å². The van der Waals surface area contributed by atoms with Crippen LogP contribution in [0.25, 0.3) is 10.9 Å². The van der Waals surface area contributed by atoms with Crippen LogP contribution in [0.4, 0.5) is 0 Å². The third-order valence-electron chi connectivity index (χ3n) is 3.22. The van der Waals surface area contributed by atoms with Crippen LogP contribution in [0.3, 0.4) is 0 Å². The second-order valence-corrected chi connectivity index (χ2v) is 4.43. The van der Waals surface area contributed by atoms with Crippen LogP contribution in [0.2, 0.25) is 0 Å². The fourth-order valence-corrected chi connectivity index (χ4v) is 2.19. The lowest BCUT2D eigenvalue weighted by atomic mass is 10.1. The molecule has 2 aromatic rings. The number of carbonyl (C=O) groups is 1. The normalized spacial score (nSPS) is 10.8. The van der Waals surface area contributed by atoms with Crippen LogP contribution in [-0.4, -0.2) is 17.1 Å². The first-order valence-electron chi connectivity index (χ1n) is 6.65. The van der Waals surface area contributed by atoms with E-state index in [-0.39, 0.29) is 17.6 Å². The summed E-state index contributed by atoms with van der Waals surface area (Å²) in [6, 6.07) is 5.49. The molecule has 1 heterocycles. The molecule has 5 nitrogen and oxygen atoms in total. The Kier molecular flexibility index (Phi) is 4.20. The van der Waals surface area contributed by atoms with Crippen LogP contribution in [0, 0.1) is 0 Å². The van der Waals surface area contributed by atoms with Gasteiger partial charge in [0, 0.05) is 24.7 Å². The van der Waals surface area contributed by atoms with Gasteiger partial charge in [-0.2, -0.15) is 0 Å². The van der Waals surface area contributed by atoms with Gasteiger partial charge in [-0.05, 0) is 31.5 Å². The van der Waals surface area contributed by atoms with E-state index in [2.05, 4.69) is 0 Å². The summed E-state index contributed by atoms with van der Waals surface area (Å²) in [5, 5.41) is 0.500. The first-order chi connectivity index (χ1) is 9.62. The van der Waals surface area contributed by atoms with Crippen molar-refractivity contribution in [1.29, 1.82) is 0 Å². The maximum Gasteiger partial charge on any atom is 0.343 e. The maximum atomic E-state index is 12.4. The largest absolute Gasteiger partial charge is 0.462 e. The lowest BCUT2D eigenvalue weighted by molar-refractivity contribution is 0.0524. The number of pyridine rings is 1. The predicted molar refractivity (Wildman–Crippen MR) is 77.7 cm³/mol. The summed E-state index contributed by atoms with van der Waals surface area (Å²) in [5.41, 5.74) is 7.02. The Morgan fingerprint density at radius 1 is 1.35 bits per heavy atom. The number of nitrogens with zero attached hydrogens (tertiary/aromatic N) is 1. The highest BCUT2D eigenvalue weighted by atomic mass is 16.5. The van der Waals surface area contributed by atoms with Gasteiger partial charge in [0.25, 0.3) is 0 Å². The molecule has 0 fully saturated rings. The highest BCUT2D eigenvalue weighted by Gasteiger charge is 2.16. The van der Waals surface area contributed by atoms with E-state index in [1.165, 1.54) is 0 Å². The molecule has 0 unspecified atom stereocenters. The number of ether oxygens (including phenoxy) is 1. The number of benzene rings is 1. The molecule has 0 atom stereocenters. The Balaban J connectivity index is 2.75. The number of hydrogen-bond donors (Lipinski definition) is 1. The van der Waals surface area contributed by atoms with E-state index in [0.29, 0.717) is 18.5 Å². The van der Waals surface area contributed by atoms with Crippen LogP contribution in [0.1, 0.15) is 29.8 Å². The quantitative estimate of drug-likeness (QED) is 0.860. The first-order valence-corrected chi connectivity index (χ1v) is 6.65. The fraction of sp³-hybridized carbons (Fsp3) is 0.333. The molecule has 0 aliphatic heterocycles. The number of aryl methyl sites for hydroxylation is 1. The molecule has 0 aliphatic carbocycles. The molecule has 1 aromatic carbocycles. The summed E-state index contributed by atoms with van der Waals surface area (Å²) in [5.74, 6) is -0.584. The number of aromatic nitrogens is 1. The zero-order valence-corrected chi connectivity index (χ0v) is 11.7. The molecule has 0 saturated heterocycles. The SMILES string of the molecule is CCOC(=O)c1cn(CC)c2ccc(CN)cc2c1=O. The minimum Gasteiger partial charge on any atom is -0.462 e. The molecule has 2 N–H and O–H groups in total. The number of carbonyl (C=O) groups excluding carboxylic acids is 1. The number of nitrogens with two attached hydrogens (primary N) is 1. The summed E-state index contributed by atoms with van der Waals surface area (Å²) in [6.45, 7) is 4.92. The van der Waals surface area contributed by atoms with Gasteiger partial charge >= 0.3 is 5.97 Å². The molecular weight excluding hydrogens is 256 g/mol. The predicted octanol–water partition coefficient (Wildman–Crippen LogP) is 1.66. The number of esters is 1. The van der Waals surface area contributed by atoms with Gasteiger partial charge in [0.2, 0.25) is 5.43 Å². The van der Waals surface area contributed by atoms with Crippen molar-refractivity contribution < 1.29 is 9.53 Å². The van der Waals surface area contributed by atoms with Gasteiger partial charge in [-0.1, -0.05) is 6.07 Å². The monoisotopic (exact) mass is 274 g/mol. The Bertz CT molecular complexity index is 704. The summed E-state index contributed by atoms with van der Waals surface area (Å²) in [6.07, 6.45) is 1.56. The lowest BCUT2D eigenvalue weighted by Gasteiger charge is -2.12. The van der Waals surface area contributed by atoms with Gasteiger partial charge in [0.15, 0.2) is 0 Å². The number of fused-ring (bicyclic) bond motifs is 1. The Morgan fingerprint density at radius 2 is 2.10 bits per heavy atom. The van der Waals surface area contributed by atoms with E-state index < -0.39 is 5.97 Å². The number of hydrogen-bond acceptors (Lipinski definition) is 4. The van der Waals surface area contributed by atoms with Crippen molar-refractivity contribution in [2.24, 2.45) is 5.73 Å². The van der Waals surface area contributed by atoms with E-state index in [1.807, 2.05) is 23.6 Å². The standard InChI is InChI=1S/C15H18N2O3/c1-3-17-9-12(15(19)20-4-2)14(18)11-7-10(8-16)5-6-13(11)17/h5-7,9H,3-4,8,16H2,1-2H3. The molecule has 5 heteroatoms. The molecule has 2 rings (SSSR count). The highest BCUT2D eigenvalue weighted by molar-refractivity contribution is 5.93. The molecule has 0 saturated carbocycles. The Labute approximate surface area is 117 Å². The molecule has 0 amide bonds. The van der Waals surface area contributed by atoms with Gasteiger partial charge in [-0.25, -0.2) is 4.79 Å². The van der Waals surface area contributed by atoms with E-state index in [4.69, 9.17) is 10.5 Å². The topological polar surface area (TPSA) is 74.3 Å². The summed E-state index contributed by atoms with van der Waals surface area (Å²) in [7, 11) is 0. The first kappa shape index (κ1) is 14.3. The fourth-order valence-electron chi connectivity index (χ4n) is 2.19.